The van der Waals surface area contributed by atoms with Gasteiger partial charge in [0.25, 0.3) is 5.91 Å². The summed E-state index contributed by atoms with van der Waals surface area (Å²) in [5, 5.41) is 0. The topological polar surface area (TPSA) is 86.7 Å². The lowest BCUT2D eigenvalue weighted by Crippen LogP contribution is -2.49. The quantitative estimate of drug-likeness (QED) is 0.772. The Morgan fingerprint density at radius 3 is 2.39 bits per heavy atom. The number of carbonyl (C=O) groups is 1. The zero-order valence-electron chi connectivity index (χ0n) is 15.6. The van der Waals surface area contributed by atoms with Crippen molar-refractivity contribution in [2.24, 2.45) is 0 Å². The summed E-state index contributed by atoms with van der Waals surface area (Å²) >= 11 is 0. The van der Waals surface area contributed by atoms with Crippen LogP contribution < -0.4 is 9.21 Å². The summed E-state index contributed by atoms with van der Waals surface area (Å²) in [5.74, 6) is 0.756. The highest BCUT2D eigenvalue weighted by molar-refractivity contribution is 7.92. The number of sulfonamides is 1. The van der Waals surface area contributed by atoms with Crippen molar-refractivity contribution in [2.45, 2.75) is 12.8 Å². The fraction of sp³-hybridized carbons (Fsp3) is 0.421. The molecule has 8 nitrogen and oxygen atoms in total. The molecule has 0 atom stereocenters. The largest absolute Gasteiger partial charge is 0.337 e. The Morgan fingerprint density at radius 2 is 1.68 bits per heavy atom. The first-order valence-electron chi connectivity index (χ1n) is 9.46. The Labute approximate surface area is 164 Å². The van der Waals surface area contributed by atoms with Gasteiger partial charge in [-0.15, -0.1) is 0 Å². The summed E-state index contributed by atoms with van der Waals surface area (Å²) in [6.45, 7) is 2.94. The van der Waals surface area contributed by atoms with Gasteiger partial charge in [-0.1, -0.05) is 6.07 Å². The number of hydrogen-bond donors (Lipinski definition) is 0. The van der Waals surface area contributed by atoms with Crippen molar-refractivity contribution in [2.75, 3.05) is 47.7 Å². The van der Waals surface area contributed by atoms with Crippen molar-refractivity contribution >= 4 is 27.6 Å². The van der Waals surface area contributed by atoms with E-state index in [1.807, 2.05) is 0 Å². The molecule has 0 N–H and O–H groups in total. The first-order chi connectivity index (χ1) is 13.5. The zero-order valence-corrected chi connectivity index (χ0v) is 16.4. The van der Waals surface area contributed by atoms with E-state index >= 15 is 0 Å². The second-order valence-electron chi connectivity index (χ2n) is 6.97. The number of nitrogens with zero attached hydrogens (tertiary/aromatic N) is 5. The molecular weight excluding hydrogens is 378 g/mol. The predicted molar refractivity (Wildman–Crippen MR) is 107 cm³/mol. The van der Waals surface area contributed by atoms with E-state index in [0.29, 0.717) is 56.3 Å². The fourth-order valence-electron chi connectivity index (χ4n) is 3.62. The van der Waals surface area contributed by atoms with Gasteiger partial charge < -0.3 is 9.80 Å². The maximum absolute atomic E-state index is 12.9. The minimum atomic E-state index is -3.29. The SMILES string of the molecule is O=C(c1cccc(N2CCCCS2(=O)=O)c1)N1CCN(c2ncccn2)CC1. The van der Waals surface area contributed by atoms with E-state index in [0.717, 1.165) is 6.42 Å². The average molecular weight is 401 g/mol. The number of carbonyl (C=O) groups excluding carboxylic acids is 1. The van der Waals surface area contributed by atoms with Gasteiger partial charge in [0.15, 0.2) is 0 Å². The first kappa shape index (κ1) is 18.7. The van der Waals surface area contributed by atoms with Crippen LogP contribution in [0.5, 0.6) is 0 Å². The average Bonchev–Trinajstić information content (AvgIpc) is 2.74. The molecular formula is C19H23N5O3S. The van der Waals surface area contributed by atoms with Crippen LogP contribution in [0.25, 0.3) is 0 Å². The molecule has 1 amide bonds. The molecule has 1 aromatic heterocycles. The maximum Gasteiger partial charge on any atom is 0.254 e. The lowest BCUT2D eigenvalue weighted by Gasteiger charge is -2.35. The Kier molecular flexibility index (Phi) is 5.17. The first-order valence-corrected chi connectivity index (χ1v) is 11.1. The number of anilines is 2. The van der Waals surface area contributed by atoms with Gasteiger partial charge in [0, 0.05) is 50.7 Å². The molecule has 0 aliphatic carbocycles. The normalized spacial score (nSPS) is 19.5. The molecule has 2 aromatic rings. The summed E-state index contributed by atoms with van der Waals surface area (Å²) in [6.07, 6.45) is 4.94. The van der Waals surface area contributed by atoms with Gasteiger partial charge in [0.2, 0.25) is 16.0 Å². The highest BCUT2D eigenvalue weighted by atomic mass is 32.2. The lowest BCUT2D eigenvalue weighted by molar-refractivity contribution is 0.0746. The molecule has 1 aromatic carbocycles. The maximum atomic E-state index is 12.9. The second kappa shape index (κ2) is 7.75. The van der Waals surface area contributed by atoms with Crippen molar-refractivity contribution in [3.05, 3.63) is 48.3 Å². The number of aromatic nitrogens is 2. The number of piperazine rings is 1. The Hall–Kier alpha value is -2.68. The van der Waals surface area contributed by atoms with E-state index in [2.05, 4.69) is 14.9 Å². The van der Waals surface area contributed by atoms with Crippen LogP contribution >= 0.6 is 0 Å². The third kappa shape index (κ3) is 3.80. The molecule has 4 rings (SSSR count). The standard InChI is InChI=1S/C19H23N5O3S/c25-18(22-10-12-23(13-11-22)19-20-7-4-8-21-19)16-5-3-6-17(15-16)24-9-1-2-14-28(24,26)27/h3-8,15H,1-2,9-14H2. The van der Waals surface area contributed by atoms with Crippen molar-refractivity contribution in [3.63, 3.8) is 0 Å². The fourth-order valence-corrected chi connectivity index (χ4v) is 5.25. The minimum absolute atomic E-state index is 0.0788. The number of amides is 1. The smallest absolute Gasteiger partial charge is 0.254 e. The molecule has 0 spiro atoms. The van der Waals surface area contributed by atoms with Gasteiger partial charge in [-0.25, -0.2) is 18.4 Å². The van der Waals surface area contributed by atoms with Crippen LogP contribution in [0.2, 0.25) is 0 Å². The van der Waals surface area contributed by atoms with Gasteiger partial charge in [0.1, 0.15) is 0 Å². The Bertz CT molecular complexity index is 943. The van der Waals surface area contributed by atoms with Crippen molar-refractivity contribution < 1.29 is 13.2 Å². The molecule has 148 valence electrons. The number of hydrogen-bond acceptors (Lipinski definition) is 6. The lowest BCUT2D eigenvalue weighted by atomic mass is 10.1. The third-order valence-corrected chi connectivity index (χ3v) is 7.00. The summed E-state index contributed by atoms with van der Waals surface area (Å²) < 4.78 is 26.1. The van der Waals surface area contributed by atoms with Crippen LogP contribution in [0, 0.1) is 0 Å². The van der Waals surface area contributed by atoms with Gasteiger partial charge >= 0.3 is 0 Å². The molecule has 2 aliphatic heterocycles. The van der Waals surface area contributed by atoms with E-state index in [1.54, 1.807) is 47.6 Å². The van der Waals surface area contributed by atoms with E-state index in [4.69, 9.17) is 0 Å². The highest BCUT2D eigenvalue weighted by Gasteiger charge is 2.28. The Balaban J connectivity index is 1.46. The monoisotopic (exact) mass is 401 g/mol. The van der Waals surface area contributed by atoms with Gasteiger partial charge in [0.05, 0.1) is 11.4 Å². The molecule has 2 aliphatic rings. The molecule has 0 radical (unpaired) electrons. The predicted octanol–water partition coefficient (Wildman–Crippen LogP) is 1.37. The molecule has 3 heterocycles. The van der Waals surface area contributed by atoms with Crippen LogP contribution in [0.4, 0.5) is 11.6 Å². The molecule has 28 heavy (non-hydrogen) atoms. The van der Waals surface area contributed by atoms with E-state index in [9.17, 15) is 13.2 Å². The summed E-state index contributed by atoms with van der Waals surface area (Å²) in [6, 6.07) is 8.72. The van der Waals surface area contributed by atoms with Crippen LogP contribution in [0.15, 0.2) is 42.7 Å². The van der Waals surface area contributed by atoms with E-state index in [-0.39, 0.29) is 11.7 Å². The molecule has 0 bridgehead atoms. The van der Waals surface area contributed by atoms with Crippen molar-refractivity contribution in [1.82, 2.24) is 14.9 Å². The zero-order chi connectivity index (χ0) is 19.6. The van der Waals surface area contributed by atoms with Crippen LogP contribution in [-0.4, -0.2) is 67.7 Å². The van der Waals surface area contributed by atoms with Crippen LogP contribution in [0.1, 0.15) is 23.2 Å². The van der Waals surface area contributed by atoms with Gasteiger partial charge in [-0.2, -0.15) is 0 Å². The van der Waals surface area contributed by atoms with E-state index in [1.165, 1.54) is 4.31 Å². The molecule has 9 heteroatoms. The third-order valence-electron chi connectivity index (χ3n) is 5.13. The van der Waals surface area contributed by atoms with Gasteiger partial charge in [-0.3, -0.25) is 9.10 Å². The van der Waals surface area contributed by atoms with Crippen molar-refractivity contribution in [3.8, 4) is 0 Å². The molecule has 2 fully saturated rings. The summed E-state index contributed by atoms with van der Waals surface area (Å²) in [4.78, 5) is 25.3. The Morgan fingerprint density at radius 1 is 0.929 bits per heavy atom. The highest BCUT2D eigenvalue weighted by Crippen LogP contribution is 2.25. The molecule has 0 saturated carbocycles. The minimum Gasteiger partial charge on any atom is -0.337 e. The summed E-state index contributed by atoms with van der Waals surface area (Å²) in [7, 11) is -3.29. The second-order valence-corrected chi connectivity index (χ2v) is 8.99. The molecule has 0 unspecified atom stereocenters. The van der Waals surface area contributed by atoms with Crippen LogP contribution in [-0.2, 0) is 10.0 Å². The molecule has 2 saturated heterocycles. The van der Waals surface area contributed by atoms with Crippen LogP contribution in [0.3, 0.4) is 0 Å². The summed E-state index contributed by atoms with van der Waals surface area (Å²) in [5.41, 5.74) is 1.09. The van der Waals surface area contributed by atoms with Crippen molar-refractivity contribution in [1.29, 1.82) is 0 Å². The van der Waals surface area contributed by atoms with Gasteiger partial charge in [-0.05, 0) is 37.1 Å². The number of rotatable bonds is 3. The number of benzene rings is 1. The van der Waals surface area contributed by atoms with E-state index < -0.39 is 10.0 Å².